The Morgan fingerprint density at radius 3 is 2.71 bits per heavy atom. The maximum absolute atomic E-state index is 11.8. The molecule has 0 aromatic carbocycles. The summed E-state index contributed by atoms with van der Waals surface area (Å²) in [6.45, 7) is 5.76. The lowest BCUT2D eigenvalue weighted by atomic mass is 9.65. The van der Waals surface area contributed by atoms with Gasteiger partial charge in [0.25, 0.3) is 0 Å². The molecule has 0 saturated heterocycles. The molecule has 2 nitrogen and oxygen atoms in total. The van der Waals surface area contributed by atoms with E-state index < -0.39 is 0 Å². The minimum Gasteiger partial charge on any atom is -0.300 e. The Labute approximate surface area is 86.1 Å². The second-order valence-electron chi connectivity index (χ2n) is 4.84. The van der Waals surface area contributed by atoms with Gasteiger partial charge in [0.1, 0.15) is 11.6 Å². The Morgan fingerprint density at radius 1 is 1.57 bits per heavy atom. The van der Waals surface area contributed by atoms with Gasteiger partial charge in [-0.3, -0.25) is 4.79 Å². The van der Waals surface area contributed by atoms with Crippen LogP contribution in [0, 0.1) is 11.3 Å². The maximum atomic E-state index is 11.8. The monoisotopic (exact) mass is 196 g/mol. The zero-order chi connectivity index (χ0) is 10.8. The SMILES string of the molecule is CC(=O)CC[C@]1(C)C(=O)CCC[C@H]1C. The summed E-state index contributed by atoms with van der Waals surface area (Å²) in [5.74, 6) is 0.984. The molecule has 1 fully saturated rings. The first kappa shape index (κ1) is 11.4. The summed E-state index contributed by atoms with van der Waals surface area (Å²) >= 11 is 0. The summed E-state index contributed by atoms with van der Waals surface area (Å²) in [6, 6.07) is 0. The summed E-state index contributed by atoms with van der Waals surface area (Å²) < 4.78 is 0. The number of Topliss-reactive ketones (excluding diaryl/α,β-unsaturated/α-hetero) is 2. The molecule has 2 atom stereocenters. The molecule has 0 radical (unpaired) electrons. The van der Waals surface area contributed by atoms with Crippen LogP contribution < -0.4 is 0 Å². The third kappa shape index (κ3) is 2.23. The lowest BCUT2D eigenvalue weighted by Gasteiger charge is -2.38. The minimum absolute atomic E-state index is 0.191. The highest BCUT2D eigenvalue weighted by Gasteiger charge is 2.40. The van der Waals surface area contributed by atoms with Gasteiger partial charge < -0.3 is 4.79 Å². The second-order valence-corrected chi connectivity index (χ2v) is 4.84. The Morgan fingerprint density at radius 2 is 2.21 bits per heavy atom. The highest BCUT2D eigenvalue weighted by molar-refractivity contribution is 5.86. The summed E-state index contributed by atoms with van der Waals surface area (Å²) in [4.78, 5) is 22.8. The van der Waals surface area contributed by atoms with Crippen molar-refractivity contribution in [1.82, 2.24) is 0 Å². The predicted octanol–water partition coefficient (Wildman–Crippen LogP) is 2.75. The lowest BCUT2D eigenvalue weighted by molar-refractivity contribution is -0.134. The first-order chi connectivity index (χ1) is 6.47. The fourth-order valence-electron chi connectivity index (χ4n) is 2.27. The van der Waals surface area contributed by atoms with Gasteiger partial charge in [0.05, 0.1) is 0 Å². The molecule has 2 heteroatoms. The minimum atomic E-state index is -0.232. The van der Waals surface area contributed by atoms with Crippen LogP contribution in [0.3, 0.4) is 0 Å². The van der Waals surface area contributed by atoms with Gasteiger partial charge in [-0.05, 0) is 32.1 Å². The summed E-state index contributed by atoms with van der Waals surface area (Å²) in [7, 11) is 0. The van der Waals surface area contributed by atoms with E-state index in [1.807, 2.05) is 6.92 Å². The molecule has 14 heavy (non-hydrogen) atoms. The van der Waals surface area contributed by atoms with Crippen LogP contribution in [0.5, 0.6) is 0 Å². The van der Waals surface area contributed by atoms with Gasteiger partial charge in [0.2, 0.25) is 0 Å². The Hall–Kier alpha value is -0.660. The van der Waals surface area contributed by atoms with Crippen LogP contribution in [-0.4, -0.2) is 11.6 Å². The molecule has 0 bridgehead atoms. The van der Waals surface area contributed by atoms with Gasteiger partial charge in [-0.2, -0.15) is 0 Å². The fraction of sp³-hybridized carbons (Fsp3) is 0.833. The first-order valence-electron chi connectivity index (χ1n) is 5.49. The van der Waals surface area contributed by atoms with Crippen LogP contribution in [0.4, 0.5) is 0 Å². The van der Waals surface area contributed by atoms with E-state index >= 15 is 0 Å². The number of ketones is 2. The topological polar surface area (TPSA) is 34.1 Å². The molecule has 1 aliphatic rings. The summed E-state index contributed by atoms with van der Waals surface area (Å²) in [5.41, 5.74) is -0.232. The van der Waals surface area contributed by atoms with E-state index in [1.165, 1.54) is 0 Å². The Bertz CT molecular complexity index is 245. The standard InChI is InChI=1S/C12H20O2/c1-9-5-4-6-11(14)12(9,3)8-7-10(2)13/h9H,4-8H2,1-3H3/t9-,12+/m1/s1. The number of rotatable bonds is 3. The first-order valence-corrected chi connectivity index (χ1v) is 5.49. The van der Waals surface area contributed by atoms with Crippen molar-refractivity contribution in [3.8, 4) is 0 Å². The molecule has 0 N–H and O–H groups in total. The highest BCUT2D eigenvalue weighted by atomic mass is 16.1. The van der Waals surface area contributed by atoms with Crippen LogP contribution in [0.25, 0.3) is 0 Å². The van der Waals surface area contributed by atoms with Crippen LogP contribution in [-0.2, 0) is 9.59 Å². The van der Waals surface area contributed by atoms with Crippen LogP contribution in [0.1, 0.15) is 52.9 Å². The van der Waals surface area contributed by atoms with E-state index in [9.17, 15) is 9.59 Å². The zero-order valence-corrected chi connectivity index (χ0v) is 9.43. The van der Waals surface area contributed by atoms with Crippen molar-refractivity contribution in [1.29, 1.82) is 0 Å². The molecule has 0 aromatic rings. The number of hydrogen-bond acceptors (Lipinski definition) is 2. The molecule has 0 aliphatic heterocycles. The molecule has 80 valence electrons. The predicted molar refractivity (Wildman–Crippen MR) is 56.0 cm³/mol. The Kier molecular flexibility index (Phi) is 3.46. The van der Waals surface area contributed by atoms with Crippen molar-refractivity contribution < 1.29 is 9.59 Å². The van der Waals surface area contributed by atoms with Crippen molar-refractivity contribution >= 4 is 11.6 Å². The molecule has 0 amide bonds. The number of hydrogen-bond donors (Lipinski definition) is 0. The molecule has 1 rings (SSSR count). The summed E-state index contributed by atoms with van der Waals surface area (Å²) in [5, 5.41) is 0. The highest BCUT2D eigenvalue weighted by Crippen LogP contribution is 2.41. The third-order valence-corrected chi connectivity index (χ3v) is 3.76. The normalized spacial score (nSPS) is 33.1. The quantitative estimate of drug-likeness (QED) is 0.695. The average Bonchev–Trinajstić information content (AvgIpc) is 2.11. The van der Waals surface area contributed by atoms with E-state index in [2.05, 4.69) is 6.92 Å². The van der Waals surface area contributed by atoms with Gasteiger partial charge in [0.15, 0.2) is 0 Å². The second kappa shape index (κ2) is 4.24. The van der Waals surface area contributed by atoms with Gasteiger partial charge in [-0.1, -0.05) is 13.8 Å². The molecule has 1 aliphatic carbocycles. The van der Waals surface area contributed by atoms with E-state index in [4.69, 9.17) is 0 Å². The molecule has 0 heterocycles. The molecule has 0 spiro atoms. The average molecular weight is 196 g/mol. The van der Waals surface area contributed by atoms with Gasteiger partial charge >= 0.3 is 0 Å². The van der Waals surface area contributed by atoms with Crippen LogP contribution >= 0.6 is 0 Å². The maximum Gasteiger partial charge on any atom is 0.139 e. The van der Waals surface area contributed by atoms with Crippen molar-refractivity contribution in [2.24, 2.45) is 11.3 Å². The molecular formula is C12H20O2. The van der Waals surface area contributed by atoms with Crippen LogP contribution in [0.2, 0.25) is 0 Å². The van der Waals surface area contributed by atoms with Crippen molar-refractivity contribution in [2.75, 3.05) is 0 Å². The smallest absolute Gasteiger partial charge is 0.139 e. The van der Waals surface area contributed by atoms with Crippen molar-refractivity contribution in [3.63, 3.8) is 0 Å². The molecular weight excluding hydrogens is 176 g/mol. The molecule has 1 saturated carbocycles. The fourth-order valence-corrected chi connectivity index (χ4v) is 2.27. The summed E-state index contributed by atoms with van der Waals surface area (Å²) in [6.07, 6.45) is 4.14. The number of carbonyl (C=O) groups excluding carboxylic acids is 2. The van der Waals surface area contributed by atoms with Gasteiger partial charge in [0, 0.05) is 18.3 Å². The molecule has 0 aromatic heterocycles. The van der Waals surface area contributed by atoms with Gasteiger partial charge in [-0.25, -0.2) is 0 Å². The van der Waals surface area contributed by atoms with Gasteiger partial charge in [-0.15, -0.1) is 0 Å². The van der Waals surface area contributed by atoms with E-state index in [-0.39, 0.29) is 11.2 Å². The lowest BCUT2D eigenvalue weighted by Crippen LogP contribution is -2.38. The largest absolute Gasteiger partial charge is 0.300 e. The Balaban J connectivity index is 2.67. The molecule has 0 unspecified atom stereocenters. The third-order valence-electron chi connectivity index (χ3n) is 3.76. The van der Waals surface area contributed by atoms with Crippen molar-refractivity contribution in [2.45, 2.75) is 52.9 Å². The van der Waals surface area contributed by atoms with E-state index in [1.54, 1.807) is 6.92 Å². The number of carbonyl (C=O) groups is 2. The zero-order valence-electron chi connectivity index (χ0n) is 9.43. The van der Waals surface area contributed by atoms with E-state index in [0.29, 0.717) is 24.5 Å². The van der Waals surface area contributed by atoms with Crippen LogP contribution in [0.15, 0.2) is 0 Å². The van der Waals surface area contributed by atoms with E-state index in [0.717, 1.165) is 19.3 Å². The van der Waals surface area contributed by atoms with Crippen molar-refractivity contribution in [3.05, 3.63) is 0 Å².